The van der Waals surface area contributed by atoms with Gasteiger partial charge in [0.25, 0.3) is 0 Å². The van der Waals surface area contributed by atoms with E-state index in [1.54, 1.807) is 0 Å². The van der Waals surface area contributed by atoms with E-state index in [9.17, 15) is 33.9 Å². The summed E-state index contributed by atoms with van der Waals surface area (Å²) in [5, 5.41) is 42.5. The molecule has 1 aromatic carbocycles. The number of benzene rings is 1. The van der Waals surface area contributed by atoms with Gasteiger partial charge in [0.2, 0.25) is 17.7 Å². The molecule has 0 radical (unpaired) electrons. The number of nitrogens with two attached hydrogens (primary N) is 1. The lowest BCUT2D eigenvalue weighted by Crippen LogP contribution is -2.56. The number of amides is 3. The van der Waals surface area contributed by atoms with Crippen molar-refractivity contribution in [1.82, 2.24) is 16.0 Å². The Morgan fingerprint density at radius 1 is 0.794 bits per heavy atom. The van der Waals surface area contributed by atoms with E-state index in [4.69, 9.17) is 21.1 Å². The van der Waals surface area contributed by atoms with Crippen molar-refractivity contribution in [1.29, 1.82) is 0 Å². The van der Waals surface area contributed by atoms with Crippen molar-refractivity contribution in [3.63, 3.8) is 0 Å². The molecule has 34 heavy (non-hydrogen) atoms. The van der Waals surface area contributed by atoms with Crippen LogP contribution in [0.3, 0.4) is 0 Å². The highest BCUT2D eigenvalue weighted by Gasteiger charge is 2.29. The van der Waals surface area contributed by atoms with Crippen molar-refractivity contribution in [3.8, 4) is 5.75 Å². The molecule has 14 nitrogen and oxygen atoms in total. The van der Waals surface area contributed by atoms with E-state index in [0.29, 0.717) is 5.56 Å². The maximum atomic E-state index is 12.9. The molecule has 1 rings (SSSR count). The summed E-state index contributed by atoms with van der Waals surface area (Å²) < 4.78 is 0. The standard InChI is InChI=1S/C20H26N4O10/c21-12(8-16(28)29)18(32)24-14(7-10-1-3-11(25)4-2-10)20(34)23-13(5-6-15(26)27)19(33)22-9-17(30)31/h1-4,12-14,25H,5-9,21H2,(H,22,33)(H,23,34)(H,24,32)(H,26,27)(H,28,29)(H,30,31). The Morgan fingerprint density at radius 2 is 1.38 bits per heavy atom. The van der Waals surface area contributed by atoms with Crippen LogP contribution < -0.4 is 21.7 Å². The maximum absolute atomic E-state index is 12.9. The van der Waals surface area contributed by atoms with Crippen LogP contribution in [0.2, 0.25) is 0 Å². The molecule has 0 spiro atoms. The van der Waals surface area contributed by atoms with Crippen LogP contribution in [0.5, 0.6) is 5.75 Å². The number of aromatic hydroxyl groups is 1. The van der Waals surface area contributed by atoms with Crippen molar-refractivity contribution >= 4 is 35.6 Å². The van der Waals surface area contributed by atoms with Crippen LogP contribution >= 0.6 is 0 Å². The smallest absolute Gasteiger partial charge is 0.322 e. The minimum absolute atomic E-state index is 0.0545. The molecule has 0 aliphatic rings. The van der Waals surface area contributed by atoms with Crippen LogP contribution in [-0.2, 0) is 35.2 Å². The van der Waals surface area contributed by atoms with Gasteiger partial charge in [0.1, 0.15) is 24.4 Å². The number of hydrogen-bond donors (Lipinski definition) is 8. The van der Waals surface area contributed by atoms with Gasteiger partial charge in [0.05, 0.1) is 12.5 Å². The third-order valence-electron chi connectivity index (χ3n) is 4.43. The van der Waals surface area contributed by atoms with Crippen LogP contribution in [0.1, 0.15) is 24.8 Å². The summed E-state index contributed by atoms with van der Waals surface area (Å²) in [6.45, 7) is -0.768. The zero-order valence-corrected chi connectivity index (χ0v) is 17.9. The molecule has 0 aliphatic heterocycles. The van der Waals surface area contributed by atoms with E-state index >= 15 is 0 Å². The fourth-order valence-electron chi connectivity index (χ4n) is 2.73. The van der Waals surface area contributed by atoms with E-state index in [-0.39, 0.29) is 18.6 Å². The van der Waals surface area contributed by atoms with E-state index in [1.165, 1.54) is 24.3 Å². The fourth-order valence-corrected chi connectivity index (χ4v) is 2.73. The number of rotatable bonds is 14. The molecular weight excluding hydrogens is 456 g/mol. The number of carbonyl (C=O) groups is 6. The van der Waals surface area contributed by atoms with Gasteiger partial charge in [-0.05, 0) is 24.1 Å². The quantitative estimate of drug-likeness (QED) is 0.141. The lowest BCUT2D eigenvalue weighted by molar-refractivity contribution is -0.140. The van der Waals surface area contributed by atoms with Crippen LogP contribution in [0.15, 0.2) is 24.3 Å². The molecule has 0 bridgehead atoms. The summed E-state index contributed by atoms with van der Waals surface area (Å²) in [5.41, 5.74) is 6.01. The van der Waals surface area contributed by atoms with Crippen LogP contribution in [0.25, 0.3) is 0 Å². The minimum Gasteiger partial charge on any atom is -0.508 e. The topological polar surface area (TPSA) is 245 Å². The van der Waals surface area contributed by atoms with Crippen molar-refractivity contribution in [2.75, 3.05) is 6.54 Å². The molecule has 3 unspecified atom stereocenters. The monoisotopic (exact) mass is 482 g/mol. The highest BCUT2D eigenvalue weighted by atomic mass is 16.4. The second kappa shape index (κ2) is 13.4. The van der Waals surface area contributed by atoms with Gasteiger partial charge < -0.3 is 42.1 Å². The first-order valence-corrected chi connectivity index (χ1v) is 9.96. The van der Waals surface area contributed by atoms with Gasteiger partial charge in [-0.2, -0.15) is 0 Å². The molecule has 14 heteroatoms. The predicted octanol–water partition coefficient (Wildman–Crippen LogP) is -2.23. The van der Waals surface area contributed by atoms with Crippen LogP contribution in [0.4, 0.5) is 0 Å². The van der Waals surface area contributed by atoms with Gasteiger partial charge in [-0.15, -0.1) is 0 Å². The van der Waals surface area contributed by atoms with Crippen LogP contribution in [-0.4, -0.2) is 80.7 Å². The number of aliphatic carboxylic acids is 3. The molecule has 3 atom stereocenters. The zero-order valence-electron chi connectivity index (χ0n) is 17.9. The van der Waals surface area contributed by atoms with Crippen molar-refractivity contribution < 1.29 is 49.2 Å². The molecule has 0 fully saturated rings. The summed E-state index contributed by atoms with van der Waals surface area (Å²) in [7, 11) is 0. The minimum atomic E-state index is -1.48. The van der Waals surface area contributed by atoms with E-state index in [1.807, 2.05) is 5.32 Å². The molecule has 186 valence electrons. The second-order valence-electron chi connectivity index (χ2n) is 7.24. The van der Waals surface area contributed by atoms with Gasteiger partial charge in [0.15, 0.2) is 0 Å². The third-order valence-corrected chi connectivity index (χ3v) is 4.43. The predicted molar refractivity (Wildman–Crippen MR) is 113 cm³/mol. The molecule has 0 saturated heterocycles. The number of carbonyl (C=O) groups excluding carboxylic acids is 3. The Morgan fingerprint density at radius 3 is 1.91 bits per heavy atom. The lowest BCUT2D eigenvalue weighted by Gasteiger charge is -2.24. The number of carboxylic acid groups (broad SMARTS) is 3. The number of phenols is 1. The Bertz CT molecular complexity index is 918. The Labute approximate surface area is 193 Å². The third kappa shape index (κ3) is 10.4. The normalized spacial score (nSPS) is 13.1. The van der Waals surface area contributed by atoms with Gasteiger partial charge in [-0.25, -0.2) is 0 Å². The lowest BCUT2D eigenvalue weighted by atomic mass is 10.0. The van der Waals surface area contributed by atoms with Crippen LogP contribution in [0, 0.1) is 0 Å². The second-order valence-corrected chi connectivity index (χ2v) is 7.24. The average molecular weight is 482 g/mol. The highest BCUT2D eigenvalue weighted by molar-refractivity contribution is 5.94. The van der Waals surface area contributed by atoms with Crippen molar-refractivity contribution in [2.45, 2.75) is 43.8 Å². The Balaban J connectivity index is 3.07. The van der Waals surface area contributed by atoms with E-state index in [2.05, 4.69) is 10.6 Å². The first-order valence-electron chi connectivity index (χ1n) is 9.96. The Kier molecular flexibility index (Phi) is 10.9. The molecule has 0 aromatic heterocycles. The molecule has 0 aliphatic carbocycles. The summed E-state index contributed by atoms with van der Waals surface area (Å²) in [4.78, 5) is 69.9. The molecule has 3 amide bonds. The van der Waals surface area contributed by atoms with Gasteiger partial charge in [0, 0.05) is 12.8 Å². The summed E-state index contributed by atoms with van der Waals surface area (Å²) in [6.07, 6.45) is -1.76. The van der Waals surface area contributed by atoms with Gasteiger partial charge in [-0.1, -0.05) is 12.1 Å². The van der Waals surface area contributed by atoms with Crippen molar-refractivity contribution in [2.24, 2.45) is 5.73 Å². The zero-order chi connectivity index (χ0) is 25.8. The SMILES string of the molecule is NC(CC(=O)O)C(=O)NC(Cc1ccc(O)cc1)C(=O)NC(CCC(=O)O)C(=O)NCC(=O)O. The molecule has 0 saturated carbocycles. The van der Waals surface area contributed by atoms with Crippen molar-refractivity contribution in [3.05, 3.63) is 29.8 Å². The average Bonchev–Trinajstić information content (AvgIpc) is 2.74. The van der Waals surface area contributed by atoms with E-state index in [0.717, 1.165) is 0 Å². The number of carboxylic acids is 3. The Hall–Kier alpha value is -4.20. The molecule has 9 N–H and O–H groups in total. The summed E-state index contributed by atoms with van der Waals surface area (Å²) in [6, 6.07) is 1.30. The van der Waals surface area contributed by atoms with E-state index < -0.39 is 73.1 Å². The molecule has 1 aromatic rings. The summed E-state index contributed by atoms with van der Waals surface area (Å²) in [5.74, 6) is -6.86. The molecule has 0 heterocycles. The molecular formula is C20H26N4O10. The van der Waals surface area contributed by atoms with Gasteiger partial charge in [-0.3, -0.25) is 28.8 Å². The number of hydrogen-bond acceptors (Lipinski definition) is 8. The number of nitrogens with one attached hydrogen (secondary N) is 3. The highest BCUT2D eigenvalue weighted by Crippen LogP contribution is 2.12. The number of phenolic OH excluding ortho intramolecular Hbond substituents is 1. The maximum Gasteiger partial charge on any atom is 0.322 e. The largest absolute Gasteiger partial charge is 0.508 e. The summed E-state index contributed by atoms with van der Waals surface area (Å²) >= 11 is 0. The first-order chi connectivity index (χ1) is 15.9. The fraction of sp³-hybridized carbons (Fsp3) is 0.400. The first kappa shape index (κ1) is 27.8. The van der Waals surface area contributed by atoms with Gasteiger partial charge >= 0.3 is 17.9 Å².